The second-order valence-electron chi connectivity index (χ2n) is 16.7. The molecule has 3 saturated heterocycles. The van der Waals surface area contributed by atoms with Gasteiger partial charge in [0, 0.05) is 76.9 Å². The number of amides is 6. The molecule has 0 aliphatic carbocycles. The molecular weight excluding hydrogens is 773 g/mol. The number of nitrogens with one attached hydrogen (secondary N) is 2. The first-order chi connectivity index (χ1) is 29.7. The number of anilines is 1. The molecule has 4 aliphatic rings. The van der Waals surface area contributed by atoms with Gasteiger partial charge in [-0.05, 0) is 98.9 Å². The summed E-state index contributed by atoms with van der Waals surface area (Å²) in [4.78, 5) is 92.5. The lowest BCUT2D eigenvalue weighted by atomic mass is 9.91. The van der Waals surface area contributed by atoms with Crippen molar-refractivity contribution in [2.75, 3.05) is 57.3 Å². The number of carbonyl (C=O) groups excluding carboxylic acids is 6. The van der Waals surface area contributed by atoms with Crippen LogP contribution in [0, 0.1) is 5.92 Å². The predicted octanol–water partition coefficient (Wildman–Crippen LogP) is 5.05. The number of hydrogen-bond donors (Lipinski definition) is 2. The first-order valence-corrected chi connectivity index (χ1v) is 22.2. The fraction of sp³-hybridized carbons (Fsp3) is 0.489. The lowest BCUT2D eigenvalue weighted by Crippen LogP contribution is -2.54. The Kier molecular flexibility index (Phi) is 15.0. The van der Waals surface area contributed by atoms with Gasteiger partial charge in [-0.25, -0.2) is 4.98 Å². The smallest absolute Gasteiger partial charge is 0.262 e. The Morgan fingerprint density at radius 3 is 2.36 bits per heavy atom. The van der Waals surface area contributed by atoms with E-state index in [4.69, 9.17) is 4.98 Å². The van der Waals surface area contributed by atoms with Gasteiger partial charge in [-0.1, -0.05) is 50.3 Å². The minimum absolute atomic E-state index is 0.0536. The Hall–Kier alpha value is -5.76. The monoisotopic (exact) mass is 830 g/mol. The highest BCUT2D eigenvalue weighted by molar-refractivity contribution is 6.24. The van der Waals surface area contributed by atoms with Gasteiger partial charge in [-0.3, -0.25) is 48.9 Å². The molecule has 1 aromatic carbocycles. The van der Waals surface area contributed by atoms with E-state index in [0.717, 1.165) is 132 Å². The summed E-state index contributed by atoms with van der Waals surface area (Å²) in [6.45, 7) is 6.96. The Morgan fingerprint density at radius 1 is 0.803 bits per heavy atom. The van der Waals surface area contributed by atoms with Crippen molar-refractivity contribution in [3.63, 3.8) is 0 Å². The van der Waals surface area contributed by atoms with Gasteiger partial charge in [0.25, 0.3) is 17.7 Å². The summed E-state index contributed by atoms with van der Waals surface area (Å²) < 4.78 is 0. The fourth-order valence-electron chi connectivity index (χ4n) is 8.96. The van der Waals surface area contributed by atoms with Crippen LogP contribution in [0.1, 0.15) is 119 Å². The summed E-state index contributed by atoms with van der Waals surface area (Å²) in [5, 5.41) is 5.21. The number of rotatable bonds is 18. The standard InChI is InChI=1S/C47H58N8O6/c56-41(19-15-35-11-9-23-48-32-35)49-24-6-5-10-34-21-26-54(27-22-34)45(59)37-16-18-40(50-33-37)53-30-28-52(29-31-53)25-7-3-1-2-4-12-36-13-8-14-38-43(36)47(61)55(46(38)60)39-17-20-42(57)51-44(39)58/h8-9,11,13-16,18-19,23,32-34,39H,1-7,10,12,17,20-22,24-31H2,(H,49,56)(H,51,57,58)/b19-15+. The Balaban J connectivity index is 0.732. The van der Waals surface area contributed by atoms with Crippen LogP contribution in [0.15, 0.2) is 67.1 Å². The molecule has 61 heavy (non-hydrogen) atoms. The van der Waals surface area contributed by atoms with Crippen LogP contribution in [0.4, 0.5) is 5.82 Å². The number of nitrogens with zero attached hydrogens (tertiary/aromatic N) is 6. The van der Waals surface area contributed by atoms with Crippen LogP contribution in [0.3, 0.4) is 0 Å². The Bertz CT molecular complexity index is 2060. The van der Waals surface area contributed by atoms with Crippen LogP contribution >= 0.6 is 0 Å². The molecule has 0 bridgehead atoms. The van der Waals surface area contributed by atoms with E-state index in [1.807, 2.05) is 35.2 Å². The van der Waals surface area contributed by atoms with Crippen molar-refractivity contribution in [1.82, 2.24) is 35.3 Å². The van der Waals surface area contributed by atoms with E-state index in [9.17, 15) is 28.8 Å². The number of pyridine rings is 2. The third-order valence-electron chi connectivity index (χ3n) is 12.5. The highest BCUT2D eigenvalue weighted by atomic mass is 16.2. The van der Waals surface area contributed by atoms with Crippen molar-refractivity contribution in [1.29, 1.82) is 0 Å². The quantitative estimate of drug-likeness (QED) is 0.101. The number of fused-ring (bicyclic) bond motifs is 1. The molecule has 3 fully saturated rings. The molecule has 2 aromatic heterocycles. The molecule has 1 atom stereocenters. The Morgan fingerprint density at radius 2 is 1.61 bits per heavy atom. The Labute approximate surface area is 358 Å². The van der Waals surface area contributed by atoms with E-state index in [-0.39, 0.29) is 30.6 Å². The number of carbonyl (C=O) groups is 6. The highest BCUT2D eigenvalue weighted by Crippen LogP contribution is 2.31. The van der Waals surface area contributed by atoms with E-state index in [0.29, 0.717) is 35.6 Å². The average Bonchev–Trinajstić information content (AvgIpc) is 3.54. The highest BCUT2D eigenvalue weighted by Gasteiger charge is 2.45. The molecule has 14 nitrogen and oxygen atoms in total. The first kappa shape index (κ1) is 43.3. The minimum atomic E-state index is -0.952. The molecule has 322 valence electrons. The van der Waals surface area contributed by atoms with Crippen LogP contribution in [-0.4, -0.2) is 119 Å². The summed E-state index contributed by atoms with van der Waals surface area (Å²) in [5.74, 6) is -0.400. The van der Waals surface area contributed by atoms with Gasteiger partial charge in [0.1, 0.15) is 11.9 Å². The number of likely N-dealkylation sites (tertiary alicyclic amines) is 1. The normalized spacial score (nSPS) is 18.8. The number of aromatic nitrogens is 2. The topological polar surface area (TPSA) is 165 Å². The molecule has 2 N–H and O–H groups in total. The van der Waals surface area contributed by atoms with Crippen molar-refractivity contribution < 1.29 is 28.8 Å². The van der Waals surface area contributed by atoms with Gasteiger partial charge in [0.05, 0.1) is 16.7 Å². The van der Waals surface area contributed by atoms with Gasteiger partial charge >= 0.3 is 0 Å². The predicted molar refractivity (Wildman–Crippen MR) is 232 cm³/mol. The summed E-state index contributed by atoms with van der Waals surface area (Å²) in [5.41, 5.74) is 3.12. The maximum atomic E-state index is 13.4. The summed E-state index contributed by atoms with van der Waals surface area (Å²) in [6.07, 6.45) is 19.8. The number of unbranched alkanes of at least 4 members (excludes halogenated alkanes) is 5. The van der Waals surface area contributed by atoms with Crippen LogP contribution in [-0.2, 0) is 20.8 Å². The van der Waals surface area contributed by atoms with Gasteiger partial charge < -0.3 is 15.1 Å². The first-order valence-electron chi connectivity index (χ1n) is 22.2. The number of benzene rings is 1. The second kappa shape index (κ2) is 21.2. The molecule has 4 aliphatic heterocycles. The summed E-state index contributed by atoms with van der Waals surface area (Å²) in [7, 11) is 0. The fourth-order valence-corrected chi connectivity index (χ4v) is 8.96. The SMILES string of the molecule is O=C(/C=C/c1cccnc1)NCCCCC1CCN(C(=O)c2ccc(N3CCN(CCCCCCCc4cccc5c4C(=O)N(C4CCC(=O)NC4=O)C5=O)CC3)nc2)CC1. The van der Waals surface area contributed by atoms with Crippen molar-refractivity contribution in [3.8, 4) is 0 Å². The molecule has 0 saturated carbocycles. The molecule has 3 aromatic rings. The molecule has 0 spiro atoms. The summed E-state index contributed by atoms with van der Waals surface area (Å²) >= 11 is 0. The number of hydrogen-bond acceptors (Lipinski definition) is 10. The van der Waals surface area contributed by atoms with Crippen molar-refractivity contribution in [2.45, 2.75) is 89.5 Å². The third-order valence-corrected chi connectivity index (χ3v) is 12.5. The lowest BCUT2D eigenvalue weighted by Gasteiger charge is -2.35. The zero-order valence-corrected chi connectivity index (χ0v) is 35.1. The van der Waals surface area contributed by atoms with Crippen molar-refractivity contribution >= 4 is 47.3 Å². The number of piperidine rings is 2. The molecule has 6 amide bonds. The largest absolute Gasteiger partial charge is 0.354 e. The number of aryl methyl sites for hydroxylation is 1. The summed E-state index contributed by atoms with van der Waals surface area (Å²) in [6, 6.07) is 12.0. The van der Waals surface area contributed by atoms with Crippen LogP contribution < -0.4 is 15.5 Å². The number of piperazine rings is 1. The van der Waals surface area contributed by atoms with Gasteiger partial charge in [0.15, 0.2) is 0 Å². The molecule has 7 rings (SSSR count). The van der Waals surface area contributed by atoms with Gasteiger partial charge in [-0.2, -0.15) is 0 Å². The van der Waals surface area contributed by atoms with Gasteiger partial charge in [-0.15, -0.1) is 0 Å². The molecular formula is C47H58N8O6. The van der Waals surface area contributed by atoms with E-state index >= 15 is 0 Å². The molecule has 14 heteroatoms. The van der Waals surface area contributed by atoms with E-state index in [1.54, 1.807) is 42.9 Å². The maximum absolute atomic E-state index is 13.4. The van der Waals surface area contributed by atoms with Gasteiger partial charge in [0.2, 0.25) is 17.7 Å². The van der Waals surface area contributed by atoms with Crippen LogP contribution in [0.2, 0.25) is 0 Å². The average molecular weight is 831 g/mol. The third kappa shape index (κ3) is 11.3. The van der Waals surface area contributed by atoms with E-state index < -0.39 is 23.8 Å². The van der Waals surface area contributed by atoms with E-state index in [2.05, 4.69) is 25.4 Å². The van der Waals surface area contributed by atoms with E-state index in [1.165, 1.54) is 0 Å². The zero-order valence-electron chi connectivity index (χ0n) is 35.1. The second-order valence-corrected chi connectivity index (χ2v) is 16.7. The lowest BCUT2D eigenvalue weighted by molar-refractivity contribution is -0.136. The maximum Gasteiger partial charge on any atom is 0.262 e. The molecule has 0 radical (unpaired) electrons. The van der Waals surface area contributed by atoms with Crippen molar-refractivity contribution in [2.24, 2.45) is 5.92 Å². The zero-order chi connectivity index (χ0) is 42.6. The van der Waals surface area contributed by atoms with Crippen LogP contribution in [0.5, 0.6) is 0 Å². The van der Waals surface area contributed by atoms with Crippen LogP contribution in [0.25, 0.3) is 6.08 Å². The molecule has 6 heterocycles. The molecule has 1 unspecified atom stereocenters. The van der Waals surface area contributed by atoms with Crippen molar-refractivity contribution in [3.05, 3.63) is 94.9 Å². The number of imide groups is 2. The minimum Gasteiger partial charge on any atom is -0.354 e.